The van der Waals surface area contributed by atoms with Crippen molar-refractivity contribution >= 4 is 11.8 Å². The van der Waals surface area contributed by atoms with E-state index in [1.54, 1.807) is 0 Å². The molecule has 70 valence electrons. The van der Waals surface area contributed by atoms with E-state index in [1.165, 1.54) is 23.4 Å². The second-order valence-corrected chi connectivity index (χ2v) is 5.16. The van der Waals surface area contributed by atoms with Crippen LogP contribution in [0.25, 0.3) is 0 Å². The minimum atomic E-state index is 0.757. The van der Waals surface area contributed by atoms with Crippen LogP contribution in [0.1, 0.15) is 5.56 Å². The highest BCUT2D eigenvalue weighted by molar-refractivity contribution is 8.00. The van der Waals surface area contributed by atoms with Gasteiger partial charge in [-0.15, -0.1) is 11.8 Å². The molecule has 1 atom stereocenters. The zero-order chi connectivity index (χ0) is 9.26. The number of thioether (sulfide) groups is 1. The molecular weight excluding hydrogens is 178 g/mol. The number of benzene rings is 1. The molecule has 1 nitrogen and oxygen atoms in total. The van der Waals surface area contributed by atoms with Crippen LogP contribution in [0, 0.1) is 0 Å². The maximum atomic E-state index is 2.27. The van der Waals surface area contributed by atoms with E-state index in [1.807, 2.05) is 11.8 Å². The van der Waals surface area contributed by atoms with Gasteiger partial charge in [-0.1, -0.05) is 18.2 Å². The first-order chi connectivity index (χ1) is 6.25. The fraction of sp³-hybridized carbons (Fsp3) is 0.455. The maximum absolute atomic E-state index is 2.27. The lowest BCUT2D eigenvalue weighted by atomic mass is 10.1. The van der Waals surface area contributed by atoms with Gasteiger partial charge < -0.3 is 4.90 Å². The molecule has 1 unspecified atom stereocenters. The summed E-state index contributed by atoms with van der Waals surface area (Å²) in [6.45, 7) is 1.18. The molecule has 0 amide bonds. The smallest absolute Gasteiger partial charge is 0.0262 e. The highest BCUT2D eigenvalue weighted by atomic mass is 32.2. The van der Waals surface area contributed by atoms with E-state index in [9.17, 15) is 0 Å². The lowest BCUT2D eigenvalue weighted by Gasteiger charge is -2.14. The summed E-state index contributed by atoms with van der Waals surface area (Å²) >= 11 is 2.02. The summed E-state index contributed by atoms with van der Waals surface area (Å²) in [5, 5.41) is 0.757. The summed E-state index contributed by atoms with van der Waals surface area (Å²) in [5.41, 5.74) is 1.53. The molecule has 2 rings (SSSR count). The summed E-state index contributed by atoms with van der Waals surface area (Å²) in [7, 11) is 4.28. The molecule has 0 aromatic heterocycles. The van der Waals surface area contributed by atoms with Crippen LogP contribution in [-0.4, -0.2) is 30.8 Å². The molecule has 2 heteroatoms. The largest absolute Gasteiger partial charge is 0.308 e. The van der Waals surface area contributed by atoms with Crippen molar-refractivity contribution in [3.8, 4) is 0 Å². The van der Waals surface area contributed by atoms with Crippen LogP contribution in [0.3, 0.4) is 0 Å². The molecule has 0 spiro atoms. The van der Waals surface area contributed by atoms with E-state index in [-0.39, 0.29) is 0 Å². The van der Waals surface area contributed by atoms with Gasteiger partial charge in [0.25, 0.3) is 0 Å². The number of hydrogen-bond acceptors (Lipinski definition) is 2. The van der Waals surface area contributed by atoms with Crippen LogP contribution in [0.2, 0.25) is 0 Å². The minimum absolute atomic E-state index is 0.757. The zero-order valence-corrected chi connectivity index (χ0v) is 8.97. The van der Waals surface area contributed by atoms with Crippen molar-refractivity contribution in [1.82, 2.24) is 4.90 Å². The molecule has 0 bridgehead atoms. The highest BCUT2D eigenvalue weighted by Gasteiger charge is 2.21. The van der Waals surface area contributed by atoms with Crippen LogP contribution in [0.5, 0.6) is 0 Å². The van der Waals surface area contributed by atoms with E-state index in [4.69, 9.17) is 0 Å². The fourth-order valence-electron chi connectivity index (χ4n) is 1.76. The molecule has 13 heavy (non-hydrogen) atoms. The van der Waals surface area contributed by atoms with Crippen molar-refractivity contribution in [1.29, 1.82) is 0 Å². The van der Waals surface area contributed by atoms with Crippen molar-refractivity contribution in [2.45, 2.75) is 16.6 Å². The fourth-order valence-corrected chi connectivity index (χ4v) is 3.22. The molecule has 0 N–H and O–H groups in total. The van der Waals surface area contributed by atoms with Crippen LogP contribution >= 0.6 is 11.8 Å². The lowest BCUT2D eigenvalue weighted by Crippen LogP contribution is -2.22. The van der Waals surface area contributed by atoms with Gasteiger partial charge >= 0.3 is 0 Å². The third kappa shape index (κ3) is 2.06. The zero-order valence-electron chi connectivity index (χ0n) is 8.16. The first kappa shape index (κ1) is 9.10. The molecule has 1 aromatic carbocycles. The lowest BCUT2D eigenvalue weighted by molar-refractivity contribution is 0.408. The van der Waals surface area contributed by atoms with Gasteiger partial charge in [0.2, 0.25) is 0 Å². The van der Waals surface area contributed by atoms with Gasteiger partial charge in [0.05, 0.1) is 0 Å². The second-order valence-electron chi connectivity index (χ2n) is 3.81. The van der Waals surface area contributed by atoms with Gasteiger partial charge in [-0.05, 0) is 32.1 Å². The number of hydrogen-bond donors (Lipinski definition) is 0. The van der Waals surface area contributed by atoms with Gasteiger partial charge in [0.15, 0.2) is 0 Å². The summed E-state index contributed by atoms with van der Waals surface area (Å²) in [6.07, 6.45) is 1.24. The summed E-state index contributed by atoms with van der Waals surface area (Å²) in [6, 6.07) is 8.74. The number of fused-ring (bicyclic) bond motifs is 1. The molecule has 0 saturated heterocycles. The average molecular weight is 193 g/mol. The molecule has 1 heterocycles. The molecule has 1 aliphatic heterocycles. The molecule has 0 aliphatic carbocycles. The summed E-state index contributed by atoms with van der Waals surface area (Å²) < 4.78 is 0. The predicted octanol–water partition coefficient (Wildman–Crippen LogP) is 2.27. The maximum Gasteiger partial charge on any atom is 0.0262 e. The Morgan fingerprint density at radius 1 is 1.38 bits per heavy atom. The Morgan fingerprint density at radius 2 is 2.15 bits per heavy atom. The molecule has 1 aromatic rings. The van der Waals surface area contributed by atoms with Gasteiger partial charge in [0, 0.05) is 16.7 Å². The van der Waals surface area contributed by atoms with Crippen molar-refractivity contribution < 1.29 is 0 Å². The van der Waals surface area contributed by atoms with Gasteiger partial charge in [-0.3, -0.25) is 0 Å². The monoisotopic (exact) mass is 193 g/mol. The standard InChI is InChI=1S/C11H15NS/c1-12(2)8-10-7-9-5-3-4-6-11(9)13-10/h3-6,10H,7-8H2,1-2H3. The molecular formula is C11H15NS. The SMILES string of the molecule is CN(C)CC1Cc2ccccc2S1. The Hall–Kier alpha value is -0.470. The molecule has 0 saturated carbocycles. The Kier molecular flexibility index (Phi) is 2.61. The van der Waals surface area contributed by atoms with E-state index >= 15 is 0 Å². The Labute approximate surface area is 84.1 Å². The third-order valence-electron chi connectivity index (χ3n) is 2.28. The second kappa shape index (κ2) is 3.72. The number of rotatable bonds is 2. The van der Waals surface area contributed by atoms with Crippen LogP contribution in [0.15, 0.2) is 29.2 Å². The van der Waals surface area contributed by atoms with Gasteiger partial charge in [-0.2, -0.15) is 0 Å². The third-order valence-corrected chi connectivity index (χ3v) is 3.58. The predicted molar refractivity (Wildman–Crippen MR) is 58.3 cm³/mol. The normalized spacial score (nSPS) is 20.7. The van der Waals surface area contributed by atoms with E-state index in [0.29, 0.717) is 0 Å². The van der Waals surface area contributed by atoms with Crippen LogP contribution in [-0.2, 0) is 6.42 Å². The van der Waals surface area contributed by atoms with Crippen LogP contribution in [0.4, 0.5) is 0 Å². The minimum Gasteiger partial charge on any atom is -0.308 e. The topological polar surface area (TPSA) is 3.24 Å². The quantitative estimate of drug-likeness (QED) is 0.709. The average Bonchev–Trinajstić information content (AvgIpc) is 2.44. The number of nitrogens with zero attached hydrogens (tertiary/aromatic N) is 1. The first-order valence-corrected chi connectivity index (χ1v) is 5.53. The summed E-state index contributed by atoms with van der Waals surface area (Å²) in [5.74, 6) is 0. The van der Waals surface area contributed by atoms with E-state index in [2.05, 4.69) is 43.3 Å². The van der Waals surface area contributed by atoms with Gasteiger partial charge in [0.1, 0.15) is 0 Å². The van der Waals surface area contributed by atoms with Crippen molar-refractivity contribution in [2.24, 2.45) is 0 Å². The summed E-state index contributed by atoms with van der Waals surface area (Å²) in [4.78, 5) is 3.75. The molecule has 0 radical (unpaired) electrons. The molecule has 0 fully saturated rings. The van der Waals surface area contributed by atoms with Crippen LogP contribution < -0.4 is 0 Å². The van der Waals surface area contributed by atoms with Gasteiger partial charge in [-0.25, -0.2) is 0 Å². The van der Waals surface area contributed by atoms with Crippen molar-refractivity contribution in [3.05, 3.63) is 29.8 Å². The van der Waals surface area contributed by atoms with Crippen molar-refractivity contribution in [3.63, 3.8) is 0 Å². The highest BCUT2D eigenvalue weighted by Crippen LogP contribution is 2.36. The Balaban J connectivity index is 2.05. The first-order valence-electron chi connectivity index (χ1n) is 4.65. The Bertz CT molecular complexity index is 271. The van der Waals surface area contributed by atoms with E-state index in [0.717, 1.165) is 5.25 Å². The Morgan fingerprint density at radius 3 is 2.85 bits per heavy atom. The van der Waals surface area contributed by atoms with Crippen molar-refractivity contribution in [2.75, 3.05) is 20.6 Å². The van der Waals surface area contributed by atoms with E-state index < -0.39 is 0 Å². The molecule has 1 aliphatic rings.